The van der Waals surface area contributed by atoms with E-state index in [2.05, 4.69) is 24.4 Å². The normalized spacial score (nSPS) is 23.4. The van der Waals surface area contributed by atoms with Gasteiger partial charge in [-0.3, -0.25) is 4.79 Å². The maximum atomic E-state index is 12.5. The van der Waals surface area contributed by atoms with E-state index >= 15 is 0 Å². The first-order chi connectivity index (χ1) is 15.3. The van der Waals surface area contributed by atoms with Gasteiger partial charge in [-0.05, 0) is 18.4 Å². The van der Waals surface area contributed by atoms with Gasteiger partial charge >= 0.3 is 0 Å². The molecule has 32 heavy (non-hydrogen) atoms. The molecule has 5 rings (SSSR count). The van der Waals surface area contributed by atoms with Crippen LogP contribution in [-0.4, -0.2) is 39.0 Å². The summed E-state index contributed by atoms with van der Waals surface area (Å²) in [5, 5.41) is 26.1. The Labute approximate surface area is 193 Å². The molecule has 1 amide bonds. The minimum Gasteiger partial charge on any atom is -0.543 e. The zero-order chi connectivity index (χ0) is 22.7. The number of amides is 1. The minimum atomic E-state index is -1.38. The lowest BCUT2D eigenvalue weighted by Crippen LogP contribution is -2.64. The summed E-state index contributed by atoms with van der Waals surface area (Å²) in [6, 6.07) is 7.86. The van der Waals surface area contributed by atoms with Crippen LogP contribution in [0.3, 0.4) is 0 Å². The first kappa shape index (κ1) is 21.1. The van der Waals surface area contributed by atoms with Gasteiger partial charge in [-0.1, -0.05) is 30.8 Å². The van der Waals surface area contributed by atoms with E-state index in [0.29, 0.717) is 9.24 Å². The summed E-state index contributed by atoms with van der Waals surface area (Å²) in [7, 11) is 1.98. The number of β-lactam (4-membered cyclic amide) rings is 1. The molecule has 7 nitrogen and oxygen atoms in total. The van der Waals surface area contributed by atoms with Gasteiger partial charge in [0.05, 0.1) is 35.4 Å². The van der Waals surface area contributed by atoms with Crippen LogP contribution in [0.5, 0.6) is 0 Å². The van der Waals surface area contributed by atoms with Crippen molar-refractivity contribution in [2.75, 3.05) is 0 Å². The fourth-order valence-corrected chi connectivity index (χ4v) is 6.73. The van der Waals surface area contributed by atoms with Gasteiger partial charge in [0.1, 0.15) is 7.05 Å². The summed E-state index contributed by atoms with van der Waals surface area (Å²) >= 11 is 2.70. The van der Waals surface area contributed by atoms with E-state index in [1.165, 1.54) is 28.0 Å². The molecular formula is C23H21N3O4S2. The largest absolute Gasteiger partial charge is 0.543 e. The Balaban J connectivity index is 1.45. The molecule has 0 aliphatic carbocycles. The number of thiazole rings is 1. The Hall–Kier alpha value is -2.75. The molecule has 1 saturated heterocycles. The molecular weight excluding hydrogens is 446 g/mol. The molecule has 1 aromatic carbocycles. The highest BCUT2D eigenvalue weighted by atomic mass is 32.2. The predicted molar refractivity (Wildman–Crippen MR) is 119 cm³/mol. The van der Waals surface area contributed by atoms with Gasteiger partial charge < -0.3 is 19.9 Å². The number of hydrogen-bond acceptors (Lipinski definition) is 7. The van der Waals surface area contributed by atoms with E-state index in [4.69, 9.17) is 4.98 Å². The maximum absolute atomic E-state index is 12.5. The topological polar surface area (TPSA) is 97.4 Å². The molecule has 3 aromatic rings. The third-order valence-corrected chi connectivity index (χ3v) is 8.42. The first-order valence-corrected chi connectivity index (χ1v) is 12.0. The number of nitrogens with zero attached hydrogens (tertiary/aromatic N) is 3. The molecule has 4 atom stereocenters. The van der Waals surface area contributed by atoms with Gasteiger partial charge in [-0.25, -0.2) is 9.55 Å². The lowest BCUT2D eigenvalue weighted by Gasteiger charge is -2.47. The fourth-order valence-electron chi connectivity index (χ4n) is 4.64. The Bertz CT molecular complexity index is 1300. The second-order valence-corrected chi connectivity index (χ2v) is 10.5. The number of carboxylic acid groups (broad SMARTS) is 1. The number of rotatable bonds is 5. The SMILES string of the molecule is C[C@@H](O)[C@H]1C(=O)N2C(C(=O)[O-])=C(Sc3nc(-c4ccc5cc[n+](C)cc5c4)cs3)[C@H](C)[C@H]12. The maximum Gasteiger partial charge on any atom is 0.235 e. The summed E-state index contributed by atoms with van der Waals surface area (Å²) in [5.41, 5.74) is 1.70. The molecule has 2 aliphatic heterocycles. The number of benzene rings is 1. The number of carbonyl (C=O) groups is 2. The van der Waals surface area contributed by atoms with Crippen LogP contribution >= 0.6 is 23.1 Å². The number of carbonyl (C=O) groups excluding carboxylic acids is 2. The fraction of sp³-hybridized carbons (Fsp3) is 0.304. The Morgan fingerprint density at radius 3 is 2.84 bits per heavy atom. The van der Waals surface area contributed by atoms with E-state index < -0.39 is 18.0 Å². The number of thioether (sulfide) groups is 1. The zero-order valence-electron chi connectivity index (χ0n) is 17.7. The van der Waals surface area contributed by atoms with Crippen molar-refractivity contribution < 1.29 is 24.4 Å². The standard InChI is InChI=1S/C23H21N3O4S2/c1-11-18-17(12(2)27)21(28)26(18)19(22(29)30)20(11)32-23-24-16(10-31-23)14-5-4-13-6-7-25(3)9-15(13)8-14/h4-12,17-18,27H,1-3H3/t11-,12-,17-,18-/m1/s1. The third kappa shape index (κ3) is 3.23. The minimum absolute atomic E-state index is 0.0932. The average Bonchev–Trinajstić information content (AvgIpc) is 3.29. The molecule has 0 radical (unpaired) electrons. The Morgan fingerprint density at radius 1 is 1.34 bits per heavy atom. The summed E-state index contributed by atoms with van der Waals surface area (Å²) in [5.74, 6) is -2.56. The van der Waals surface area contributed by atoms with Crippen molar-refractivity contribution in [1.29, 1.82) is 0 Å². The number of aliphatic hydroxyl groups is 1. The van der Waals surface area contributed by atoms with E-state index in [9.17, 15) is 19.8 Å². The van der Waals surface area contributed by atoms with E-state index in [0.717, 1.165) is 22.0 Å². The second-order valence-electron chi connectivity index (χ2n) is 8.31. The van der Waals surface area contributed by atoms with E-state index in [1.54, 1.807) is 6.92 Å². The number of fused-ring (bicyclic) bond motifs is 2. The number of aryl methyl sites for hydroxylation is 1. The van der Waals surface area contributed by atoms with Crippen LogP contribution in [0.1, 0.15) is 13.8 Å². The van der Waals surface area contributed by atoms with Gasteiger partial charge in [-0.15, -0.1) is 11.3 Å². The van der Waals surface area contributed by atoms with Crippen molar-refractivity contribution >= 4 is 45.7 Å². The highest BCUT2D eigenvalue weighted by Gasteiger charge is 2.58. The highest BCUT2D eigenvalue weighted by Crippen LogP contribution is 2.52. The van der Waals surface area contributed by atoms with Crippen molar-refractivity contribution in [3.8, 4) is 11.3 Å². The second kappa shape index (κ2) is 7.68. The number of aliphatic hydroxyl groups excluding tert-OH is 1. The molecule has 0 bridgehead atoms. The van der Waals surface area contributed by atoms with Gasteiger partial charge in [0.2, 0.25) is 5.91 Å². The number of carboxylic acids is 1. The van der Waals surface area contributed by atoms with E-state index in [-0.39, 0.29) is 23.6 Å². The lowest BCUT2D eigenvalue weighted by atomic mass is 9.79. The molecule has 0 unspecified atom stereocenters. The molecule has 9 heteroatoms. The average molecular weight is 468 g/mol. The van der Waals surface area contributed by atoms with Gasteiger partial charge in [-0.2, -0.15) is 0 Å². The summed E-state index contributed by atoms with van der Waals surface area (Å²) in [6.07, 6.45) is 3.22. The molecule has 2 aromatic heterocycles. The van der Waals surface area contributed by atoms with Crippen LogP contribution in [0.15, 0.2) is 57.0 Å². The third-order valence-electron chi connectivity index (χ3n) is 6.20. The number of pyridine rings is 1. The van der Waals surface area contributed by atoms with Crippen LogP contribution in [0, 0.1) is 11.8 Å². The smallest absolute Gasteiger partial charge is 0.235 e. The quantitative estimate of drug-likeness (QED) is 0.453. The van der Waals surface area contributed by atoms with Crippen molar-refractivity contribution in [2.24, 2.45) is 18.9 Å². The molecule has 4 heterocycles. The van der Waals surface area contributed by atoms with Crippen molar-refractivity contribution in [3.63, 3.8) is 0 Å². The van der Waals surface area contributed by atoms with Crippen LogP contribution in [0.2, 0.25) is 0 Å². The van der Waals surface area contributed by atoms with Crippen molar-refractivity contribution in [3.05, 3.63) is 52.6 Å². The first-order valence-electron chi connectivity index (χ1n) is 10.3. The van der Waals surface area contributed by atoms with Crippen LogP contribution in [0.4, 0.5) is 0 Å². The Morgan fingerprint density at radius 2 is 2.12 bits per heavy atom. The molecule has 164 valence electrons. The molecule has 1 fully saturated rings. The zero-order valence-corrected chi connectivity index (χ0v) is 19.3. The molecule has 0 spiro atoms. The van der Waals surface area contributed by atoms with Crippen LogP contribution in [0.25, 0.3) is 22.0 Å². The van der Waals surface area contributed by atoms with Crippen LogP contribution < -0.4 is 9.67 Å². The predicted octanol–water partition coefficient (Wildman–Crippen LogP) is 1.70. The van der Waals surface area contributed by atoms with Gasteiger partial charge in [0.25, 0.3) is 0 Å². The lowest BCUT2D eigenvalue weighted by molar-refractivity contribution is -0.670. The molecule has 2 aliphatic rings. The Kier molecular flexibility index (Phi) is 5.07. The number of aromatic nitrogens is 2. The van der Waals surface area contributed by atoms with E-state index in [1.807, 2.05) is 36.2 Å². The van der Waals surface area contributed by atoms with Crippen molar-refractivity contribution in [2.45, 2.75) is 30.3 Å². The number of aliphatic carboxylic acids is 1. The highest BCUT2D eigenvalue weighted by molar-refractivity contribution is 8.04. The summed E-state index contributed by atoms with van der Waals surface area (Å²) < 4.78 is 2.69. The summed E-state index contributed by atoms with van der Waals surface area (Å²) in [4.78, 5) is 30.9. The molecule has 1 N–H and O–H groups in total. The van der Waals surface area contributed by atoms with Gasteiger partial charge in [0, 0.05) is 33.2 Å². The van der Waals surface area contributed by atoms with Gasteiger partial charge in [0.15, 0.2) is 16.7 Å². The number of hydrogen-bond donors (Lipinski definition) is 1. The molecule has 0 saturated carbocycles. The van der Waals surface area contributed by atoms with Crippen molar-refractivity contribution in [1.82, 2.24) is 9.88 Å². The summed E-state index contributed by atoms with van der Waals surface area (Å²) in [6.45, 7) is 3.45. The monoisotopic (exact) mass is 467 g/mol. The van der Waals surface area contributed by atoms with Crippen LogP contribution in [-0.2, 0) is 16.6 Å².